The van der Waals surface area contributed by atoms with Crippen LogP contribution in [-0.4, -0.2) is 28.3 Å². The Morgan fingerprint density at radius 3 is 2.53 bits per heavy atom. The summed E-state index contributed by atoms with van der Waals surface area (Å²) in [6, 6.07) is 17.5. The number of methoxy groups -OCH3 is 1. The zero-order valence-corrected chi connectivity index (χ0v) is 22.4. The minimum absolute atomic E-state index is 0.227. The zero-order valence-electron chi connectivity index (χ0n) is 19.2. The molecule has 184 valence electrons. The molecule has 0 aromatic heterocycles. The van der Waals surface area contributed by atoms with E-state index in [-0.39, 0.29) is 10.9 Å². The van der Waals surface area contributed by atoms with Crippen molar-refractivity contribution in [1.29, 1.82) is 0 Å². The number of thioether (sulfide) groups is 1. The van der Waals surface area contributed by atoms with Gasteiger partial charge in [-0.05, 0) is 67.2 Å². The monoisotopic (exact) mass is 558 g/mol. The number of carbonyl (C=O) groups is 2. The molecule has 0 spiro atoms. The van der Waals surface area contributed by atoms with Crippen molar-refractivity contribution in [2.75, 3.05) is 7.11 Å². The van der Waals surface area contributed by atoms with Gasteiger partial charge in [-0.3, -0.25) is 15.0 Å². The Kier molecular flexibility index (Phi) is 8.21. The van der Waals surface area contributed by atoms with Crippen LogP contribution in [0.15, 0.2) is 65.6 Å². The maximum absolute atomic E-state index is 12.9. The van der Waals surface area contributed by atoms with Crippen molar-refractivity contribution in [2.45, 2.75) is 13.5 Å². The first-order valence-corrected chi connectivity index (χ1v) is 12.6. The summed E-state index contributed by atoms with van der Waals surface area (Å²) in [4.78, 5) is 25.9. The van der Waals surface area contributed by atoms with E-state index in [1.807, 2.05) is 19.1 Å². The van der Waals surface area contributed by atoms with E-state index >= 15 is 0 Å². The van der Waals surface area contributed by atoms with E-state index in [2.05, 4.69) is 5.43 Å². The molecule has 3 aromatic carbocycles. The van der Waals surface area contributed by atoms with Crippen molar-refractivity contribution in [1.82, 2.24) is 10.4 Å². The topological polar surface area (TPSA) is 67.9 Å². The molecule has 36 heavy (non-hydrogen) atoms. The molecule has 1 aliphatic heterocycles. The average Bonchev–Trinajstić information content (AvgIpc) is 3.11. The first-order valence-electron chi connectivity index (χ1n) is 10.7. The molecule has 6 nitrogen and oxygen atoms in total. The van der Waals surface area contributed by atoms with Crippen LogP contribution in [0.25, 0.3) is 6.08 Å². The third-order valence-corrected chi connectivity index (χ3v) is 7.09. The second-order valence-corrected chi connectivity index (χ2v) is 10.3. The van der Waals surface area contributed by atoms with Crippen LogP contribution in [0.3, 0.4) is 0 Å². The van der Waals surface area contributed by atoms with Crippen molar-refractivity contribution >= 4 is 69.4 Å². The molecule has 0 saturated carbocycles. The normalized spacial score (nSPS) is 14.3. The second-order valence-electron chi connectivity index (χ2n) is 7.76. The van der Waals surface area contributed by atoms with Gasteiger partial charge in [0.05, 0.1) is 12.0 Å². The van der Waals surface area contributed by atoms with E-state index in [9.17, 15) is 9.59 Å². The highest BCUT2D eigenvalue weighted by Gasteiger charge is 2.33. The molecule has 0 atom stereocenters. The summed E-state index contributed by atoms with van der Waals surface area (Å²) >= 11 is 18.6. The summed E-state index contributed by atoms with van der Waals surface area (Å²) in [5, 5.41) is 2.14. The number of hydrogen-bond donors (Lipinski definition) is 1. The van der Waals surface area contributed by atoms with Crippen molar-refractivity contribution in [3.8, 4) is 11.5 Å². The standard InChI is InChI=1S/C26H20Cl2N2O4S2/c1-15-3-6-17(7-4-15)24(31)29-30-25(32)23(36-26(30)35)12-16-5-10-21(22(11-16)33-2)34-14-18-8-9-19(27)13-20(18)28/h3-13H,14H2,1-2H3,(H,29,31)/b23-12-. The zero-order chi connectivity index (χ0) is 25.8. The van der Waals surface area contributed by atoms with Crippen molar-refractivity contribution in [3.63, 3.8) is 0 Å². The lowest BCUT2D eigenvalue weighted by Crippen LogP contribution is -2.44. The van der Waals surface area contributed by atoms with E-state index in [1.165, 1.54) is 7.11 Å². The van der Waals surface area contributed by atoms with Crippen molar-refractivity contribution in [3.05, 3.63) is 97.9 Å². The highest BCUT2D eigenvalue weighted by atomic mass is 35.5. The summed E-state index contributed by atoms with van der Waals surface area (Å²) < 4.78 is 11.6. The largest absolute Gasteiger partial charge is 0.493 e. The number of hydrogen-bond acceptors (Lipinski definition) is 6. The molecular formula is C26H20Cl2N2O4S2. The summed E-state index contributed by atoms with van der Waals surface area (Å²) in [6.07, 6.45) is 1.68. The van der Waals surface area contributed by atoms with Crippen LogP contribution >= 0.6 is 47.2 Å². The Labute approximate surface area is 228 Å². The quantitative estimate of drug-likeness (QED) is 0.266. The number of ether oxygens (including phenoxy) is 2. The van der Waals surface area contributed by atoms with Gasteiger partial charge in [0.1, 0.15) is 6.61 Å². The van der Waals surface area contributed by atoms with Gasteiger partial charge >= 0.3 is 0 Å². The molecular weight excluding hydrogens is 539 g/mol. The number of benzene rings is 3. The molecule has 0 aliphatic carbocycles. The number of rotatable bonds is 7. The molecule has 2 amide bonds. The van der Waals surface area contributed by atoms with Crippen LogP contribution in [0.1, 0.15) is 27.0 Å². The van der Waals surface area contributed by atoms with Gasteiger partial charge in [0.2, 0.25) is 0 Å². The summed E-state index contributed by atoms with van der Waals surface area (Å²) in [7, 11) is 1.53. The Morgan fingerprint density at radius 1 is 1.08 bits per heavy atom. The second kappa shape index (κ2) is 11.3. The number of aryl methyl sites for hydroxylation is 1. The maximum Gasteiger partial charge on any atom is 0.285 e. The van der Waals surface area contributed by atoms with E-state index in [4.69, 9.17) is 44.9 Å². The highest BCUT2D eigenvalue weighted by molar-refractivity contribution is 8.26. The molecule has 4 rings (SSSR count). The summed E-state index contributed by atoms with van der Waals surface area (Å²) in [6.45, 7) is 2.16. The molecule has 1 N–H and O–H groups in total. The minimum Gasteiger partial charge on any atom is -0.493 e. The van der Waals surface area contributed by atoms with Crippen LogP contribution in [0, 0.1) is 6.92 Å². The number of nitrogens with one attached hydrogen (secondary N) is 1. The smallest absolute Gasteiger partial charge is 0.285 e. The lowest BCUT2D eigenvalue weighted by atomic mass is 10.1. The van der Waals surface area contributed by atoms with Gasteiger partial charge in [-0.25, -0.2) is 0 Å². The fraction of sp³-hybridized carbons (Fsp3) is 0.115. The SMILES string of the molecule is COc1cc(/C=C2\SC(=S)N(NC(=O)c3ccc(C)cc3)C2=O)ccc1OCc1ccc(Cl)cc1Cl. The van der Waals surface area contributed by atoms with Crippen molar-refractivity contribution < 1.29 is 19.1 Å². The number of amides is 2. The van der Waals surface area contributed by atoms with E-state index in [0.29, 0.717) is 37.6 Å². The molecule has 1 heterocycles. The predicted molar refractivity (Wildman–Crippen MR) is 147 cm³/mol. The Morgan fingerprint density at radius 2 is 1.83 bits per heavy atom. The van der Waals surface area contributed by atoms with Gasteiger partial charge in [-0.15, -0.1) is 0 Å². The Bertz CT molecular complexity index is 1380. The number of thiocarbonyl (C=S) groups is 1. The predicted octanol–water partition coefficient (Wildman–Crippen LogP) is 6.44. The number of nitrogens with zero attached hydrogens (tertiary/aromatic N) is 1. The molecule has 3 aromatic rings. The summed E-state index contributed by atoms with van der Waals surface area (Å²) in [5.41, 5.74) is 5.52. The molecule has 0 radical (unpaired) electrons. The average molecular weight is 559 g/mol. The minimum atomic E-state index is -0.420. The molecule has 0 bridgehead atoms. The van der Waals surface area contributed by atoms with Crippen molar-refractivity contribution in [2.24, 2.45) is 0 Å². The third kappa shape index (κ3) is 6.02. The molecule has 1 aliphatic rings. The molecule has 0 unspecified atom stereocenters. The third-order valence-electron chi connectivity index (χ3n) is 5.20. The van der Waals surface area contributed by atoms with Crippen LogP contribution in [0.4, 0.5) is 0 Å². The Hall–Kier alpha value is -3.04. The highest BCUT2D eigenvalue weighted by Crippen LogP contribution is 2.35. The first-order chi connectivity index (χ1) is 17.2. The number of hydrazine groups is 1. The maximum atomic E-state index is 12.9. The van der Waals surface area contributed by atoms with Gasteiger partial charge in [0.25, 0.3) is 11.8 Å². The molecule has 10 heteroatoms. The fourth-order valence-electron chi connectivity index (χ4n) is 3.27. The molecule has 1 fully saturated rings. The van der Waals surface area contributed by atoms with Crippen LogP contribution in [0.5, 0.6) is 11.5 Å². The Balaban J connectivity index is 1.47. The van der Waals surface area contributed by atoms with Gasteiger partial charge in [-0.2, -0.15) is 5.01 Å². The fourth-order valence-corrected chi connectivity index (χ4v) is 4.92. The van der Waals surface area contributed by atoms with Gasteiger partial charge < -0.3 is 9.47 Å². The lowest BCUT2D eigenvalue weighted by molar-refractivity contribution is -0.123. The number of halogens is 2. The van der Waals surface area contributed by atoms with E-state index < -0.39 is 11.8 Å². The van der Waals surface area contributed by atoms with Crippen LogP contribution in [-0.2, 0) is 11.4 Å². The van der Waals surface area contributed by atoms with Crippen LogP contribution < -0.4 is 14.9 Å². The number of carbonyl (C=O) groups excluding carboxylic acids is 2. The molecule has 1 saturated heterocycles. The first kappa shape index (κ1) is 26.0. The lowest BCUT2D eigenvalue weighted by Gasteiger charge is -2.15. The van der Waals surface area contributed by atoms with Gasteiger partial charge in [-0.1, -0.05) is 64.8 Å². The van der Waals surface area contributed by atoms with Crippen LogP contribution in [0.2, 0.25) is 10.0 Å². The van der Waals surface area contributed by atoms with E-state index in [1.54, 1.807) is 54.6 Å². The summed E-state index contributed by atoms with van der Waals surface area (Å²) in [5.74, 6) is 0.161. The van der Waals surface area contributed by atoms with E-state index in [0.717, 1.165) is 27.9 Å². The van der Waals surface area contributed by atoms with Gasteiger partial charge in [0, 0.05) is 21.2 Å². The van der Waals surface area contributed by atoms with Gasteiger partial charge in [0.15, 0.2) is 15.8 Å².